The Morgan fingerprint density at radius 2 is 2.00 bits per heavy atom. The van der Waals surface area contributed by atoms with Gasteiger partial charge in [-0.05, 0) is 19.1 Å². The van der Waals surface area contributed by atoms with Crippen molar-refractivity contribution in [3.05, 3.63) is 29.8 Å². The number of anilines is 1. The molecule has 1 aromatic carbocycles. The topological polar surface area (TPSA) is 64.3 Å². The number of rotatable bonds is 3. The molecule has 0 spiro atoms. The summed E-state index contributed by atoms with van der Waals surface area (Å²) in [6, 6.07) is 7.82. The second-order valence-corrected chi connectivity index (χ2v) is 3.93. The molecule has 0 aromatic heterocycles. The minimum Gasteiger partial charge on any atom is -0.375 e. The third-order valence-corrected chi connectivity index (χ3v) is 2.60. The van der Waals surface area contributed by atoms with Gasteiger partial charge < -0.3 is 15.8 Å². The molecule has 0 aliphatic carbocycles. The zero-order valence-corrected chi connectivity index (χ0v) is 8.62. The molecule has 1 aliphatic heterocycles. The molecule has 1 amide bonds. The molecule has 1 saturated heterocycles. The molecule has 0 bridgehead atoms. The van der Waals surface area contributed by atoms with Gasteiger partial charge in [0.05, 0.1) is 13.2 Å². The number of carbonyl (C=O) groups excluding carboxylic acids is 1. The van der Waals surface area contributed by atoms with Crippen molar-refractivity contribution < 1.29 is 9.53 Å². The number of hydrogen-bond donors (Lipinski definition) is 2. The van der Waals surface area contributed by atoms with E-state index in [1.807, 2.05) is 31.2 Å². The summed E-state index contributed by atoms with van der Waals surface area (Å²) in [4.78, 5) is 11.3. The highest BCUT2D eigenvalue weighted by Crippen LogP contribution is 2.23. The Balaban J connectivity index is 2.13. The maximum atomic E-state index is 11.3. The van der Waals surface area contributed by atoms with Gasteiger partial charge in [-0.2, -0.15) is 0 Å². The maximum absolute atomic E-state index is 11.3. The lowest BCUT2D eigenvalue weighted by molar-refractivity contribution is -0.137. The number of amides is 1. The van der Waals surface area contributed by atoms with Gasteiger partial charge in [-0.1, -0.05) is 17.7 Å². The van der Waals surface area contributed by atoms with E-state index in [1.54, 1.807) is 0 Å². The fourth-order valence-electron chi connectivity index (χ4n) is 1.50. The standard InChI is InChI=1S/C11H14N2O2/c1-8-2-4-9(5-3-8)13-11(10(12)14)6-15-7-11/h2-5,13H,6-7H2,1H3,(H2,12,14). The van der Waals surface area contributed by atoms with Crippen LogP contribution in [-0.2, 0) is 9.53 Å². The molecule has 4 heteroatoms. The highest BCUT2D eigenvalue weighted by Gasteiger charge is 2.44. The quantitative estimate of drug-likeness (QED) is 0.763. The molecule has 2 rings (SSSR count). The van der Waals surface area contributed by atoms with E-state index < -0.39 is 5.54 Å². The Labute approximate surface area is 88.4 Å². The van der Waals surface area contributed by atoms with Gasteiger partial charge in [0.15, 0.2) is 5.54 Å². The fraction of sp³-hybridized carbons (Fsp3) is 0.364. The SMILES string of the molecule is Cc1ccc(NC2(C(N)=O)COC2)cc1. The third-order valence-electron chi connectivity index (χ3n) is 2.60. The molecule has 4 nitrogen and oxygen atoms in total. The van der Waals surface area contributed by atoms with Crippen LogP contribution in [0.1, 0.15) is 5.56 Å². The molecule has 0 atom stereocenters. The number of hydrogen-bond acceptors (Lipinski definition) is 3. The van der Waals surface area contributed by atoms with Crippen molar-refractivity contribution >= 4 is 11.6 Å². The Hall–Kier alpha value is -1.55. The summed E-state index contributed by atoms with van der Waals surface area (Å²) in [5.41, 5.74) is 6.69. The van der Waals surface area contributed by atoms with Crippen molar-refractivity contribution in [3.8, 4) is 0 Å². The molecule has 1 heterocycles. The van der Waals surface area contributed by atoms with Gasteiger partial charge in [-0.15, -0.1) is 0 Å². The summed E-state index contributed by atoms with van der Waals surface area (Å²) in [7, 11) is 0. The van der Waals surface area contributed by atoms with Crippen molar-refractivity contribution in [3.63, 3.8) is 0 Å². The number of carbonyl (C=O) groups is 1. The predicted octanol–water partition coefficient (Wildman–Crippen LogP) is 0.661. The molecule has 0 saturated carbocycles. The van der Waals surface area contributed by atoms with Gasteiger partial charge in [-0.25, -0.2) is 0 Å². The predicted molar refractivity (Wildman–Crippen MR) is 57.5 cm³/mol. The highest BCUT2D eigenvalue weighted by molar-refractivity contribution is 5.89. The van der Waals surface area contributed by atoms with Crippen LogP contribution in [0.15, 0.2) is 24.3 Å². The van der Waals surface area contributed by atoms with Crippen LogP contribution >= 0.6 is 0 Å². The number of nitrogens with one attached hydrogen (secondary N) is 1. The zero-order valence-electron chi connectivity index (χ0n) is 8.62. The van der Waals surface area contributed by atoms with E-state index in [2.05, 4.69) is 5.32 Å². The first-order chi connectivity index (χ1) is 7.12. The van der Waals surface area contributed by atoms with Gasteiger partial charge in [0, 0.05) is 5.69 Å². The Kier molecular flexibility index (Phi) is 2.36. The molecule has 0 unspecified atom stereocenters. The van der Waals surface area contributed by atoms with E-state index in [0.29, 0.717) is 13.2 Å². The summed E-state index contributed by atoms with van der Waals surface area (Å²) >= 11 is 0. The minimum absolute atomic E-state index is 0.343. The Morgan fingerprint density at radius 1 is 1.40 bits per heavy atom. The average Bonchev–Trinajstić information content (AvgIpc) is 2.13. The molecule has 1 aliphatic rings. The first-order valence-corrected chi connectivity index (χ1v) is 4.85. The van der Waals surface area contributed by atoms with E-state index in [4.69, 9.17) is 10.5 Å². The monoisotopic (exact) mass is 206 g/mol. The lowest BCUT2D eigenvalue weighted by atomic mass is 9.96. The highest BCUT2D eigenvalue weighted by atomic mass is 16.5. The van der Waals surface area contributed by atoms with Crippen molar-refractivity contribution in [1.29, 1.82) is 0 Å². The van der Waals surface area contributed by atoms with Gasteiger partial charge in [0.1, 0.15) is 0 Å². The molecule has 3 N–H and O–H groups in total. The number of aryl methyl sites for hydroxylation is 1. The first kappa shape index (κ1) is 9.98. The number of ether oxygens (including phenoxy) is 1. The number of benzene rings is 1. The van der Waals surface area contributed by atoms with E-state index in [0.717, 1.165) is 5.69 Å². The van der Waals surface area contributed by atoms with Crippen LogP contribution in [0.3, 0.4) is 0 Å². The van der Waals surface area contributed by atoms with E-state index in [1.165, 1.54) is 5.56 Å². The van der Waals surface area contributed by atoms with Crippen LogP contribution in [-0.4, -0.2) is 24.7 Å². The minimum atomic E-state index is -0.713. The van der Waals surface area contributed by atoms with Crippen LogP contribution in [0, 0.1) is 6.92 Å². The lowest BCUT2D eigenvalue weighted by Gasteiger charge is -2.39. The second-order valence-electron chi connectivity index (χ2n) is 3.93. The molecule has 15 heavy (non-hydrogen) atoms. The van der Waals surface area contributed by atoms with Crippen molar-refractivity contribution in [1.82, 2.24) is 0 Å². The lowest BCUT2D eigenvalue weighted by Crippen LogP contribution is -2.64. The van der Waals surface area contributed by atoms with Crippen molar-refractivity contribution in [2.45, 2.75) is 12.5 Å². The summed E-state index contributed by atoms with van der Waals surface area (Å²) in [5, 5.41) is 3.12. The number of primary amides is 1. The summed E-state index contributed by atoms with van der Waals surface area (Å²) < 4.78 is 5.03. The largest absolute Gasteiger partial charge is 0.375 e. The van der Waals surface area contributed by atoms with Crippen LogP contribution < -0.4 is 11.1 Å². The fourth-order valence-corrected chi connectivity index (χ4v) is 1.50. The first-order valence-electron chi connectivity index (χ1n) is 4.85. The second kappa shape index (κ2) is 3.55. The molecule has 0 radical (unpaired) electrons. The molecule has 1 aromatic rings. The van der Waals surface area contributed by atoms with E-state index >= 15 is 0 Å². The summed E-state index contributed by atoms with van der Waals surface area (Å²) in [5.74, 6) is -0.366. The van der Waals surface area contributed by atoms with E-state index in [-0.39, 0.29) is 5.91 Å². The Morgan fingerprint density at radius 3 is 2.40 bits per heavy atom. The normalized spacial score (nSPS) is 17.9. The summed E-state index contributed by atoms with van der Waals surface area (Å²) in [6.45, 7) is 2.70. The van der Waals surface area contributed by atoms with E-state index in [9.17, 15) is 4.79 Å². The number of nitrogens with two attached hydrogens (primary N) is 1. The Bertz CT molecular complexity index is 369. The van der Waals surface area contributed by atoms with Crippen LogP contribution in [0.25, 0.3) is 0 Å². The molecule has 80 valence electrons. The van der Waals surface area contributed by atoms with Crippen LogP contribution in [0.4, 0.5) is 5.69 Å². The summed E-state index contributed by atoms with van der Waals surface area (Å²) in [6.07, 6.45) is 0. The molecular weight excluding hydrogens is 192 g/mol. The van der Waals surface area contributed by atoms with Gasteiger partial charge in [0.2, 0.25) is 5.91 Å². The third kappa shape index (κ3) is 1.80. The zero-order chi connectivity index (χ0) is 10.9. The molecule has 1 fully saturated rings. The average molecular weight is 206 g/mol. The van der Waals surface area contributed by atoms with Gasteiger partial charge in [0.25, 0.3) is 0 Å². The van der Waals surface area contributed by atoms with Crippen LogP contribution in [0.5, 0.6) is 0 Å². The van der Waals surface area contributed by atoms with Crippen LogP contribution in [0.2, 0.25) is 0 Å². The van der Waals surface area contributed by atoms with Crippen molar-refractivity contribution in [2.75, 3.05) is 18.5 Å². The van der Waals surface area contributed by atoms with Crippen molar-refractivity contribution in [2.24, 2.45) is 5.73 Å². The van der Waals surface area contributed by atoms with Gasteiger partial charge >= 0.3 is 0 Å². The maximum Gasteiger partial charge on any atom is 0.247 e. The smallest absolute Gasteiger partial charge is 0.247 e. The van der Waals surface area contributed by atoms with Gasteiger partial charge in [-0.3, -0.25) is 4.79 Å². The molecular formula is C11H14N2O2.